The molecule has 1 aliphatic carbocycles. The highest BCUT2D eigenvalue weighted by atomic mass is 35.5. The lowest BCUT2D eigenvalue weighted by Crippen LogP contribution is -2.54. The maximum Gasteiger partial charge on any atom is 0.243 e. The van der Waals surface area contributed by atoms with Crippen molar-refractivity contribution in [3.05, 3.63) is 29.8 Å². The molecule has 0 aromatic heterocycles. The van der Waals surface area contributed by atoms with Crippen LogP contribution < -0.4 is 11.1 Å². The molecule has 1 aliphatic rings. The number of sulfonamides is 1. The van der Waals surface area contributed by atoms with Crippen LogP contribution in [0.15, 0.2) is 29.2 Å². The fraction of sp³-hybridized carbons (Fsp3) is 0.611. The summed E-state index contributed by atoms with van der Waals surface area (Å²) < 4.78 is 26.2. The van der Waals surface area contributed by atoms with E-state index in [1.54, 1.807) is 31.3 Å². The maximum atomic E-state index is 12.4. The van der Waals surface area contributed by atoms with Gasteiger partial charge in [0.25, 0.3) is 0 Å². The van der Waals surface area contributed by atoms with Gasteiger partial charge in [0.1, 0.15) is 0 Å². The van der Waals surface area contributed by atoms with Crippen molar-refractivity contribution in [3.8, 4) is 0 Å². The maximum absolute atomic E-state index is 12.4. The van der Waals surface area contributed by atoms with E-state index in [2.05, 4.69) is 5.32 Å². The Morgan fingerprint density at radius 2 is 1.73 bits per heavy atom. The van der Waals surface area contributed by atoms with Gasteiger partial charge < -0.3 is 11.1 Å². The van der Waals surface area contributed by atoms with Crippen molar-refractivity contribution in [2.24, 2.45) is 5.73 Å². The molecule has 3 N–H and O–H groups in total. The number of amides is 1. The molecule has 0 heterocycles. The Labute approximate surface area is 163 Å². The second-order valence-electron chi connectivity index (χ2n) is 7.16. The molecule has 0 atom stereocenters. The van der Waals surface area contributed by atoms with Crippen LogP contribution in [0.3, 0.4) is 0 Å². The fourth-order valence-electron chi connectivity index (χ4n) is 2.99. The fourth-order valence-corrected chi connectivity index (χ4v) is 4.36. The summed E-state index contributed by atoms with van der Waals surface area (Å²) in [6.45, 7) is 4.00. The third-order valence-corrected chi connectivity index (χ3v) is 7.03. The van der Waals surface area contributed by atoms with Crippen LogP contribution in [0, 0.1) is 0 Å². The van der Waals surface area contributed by atoms with E-state index in [9.17, 15) is 13.2 Å². The highest BCUT2D eigenvalue weighted by Gasteiger charge is 2.34. The van der Waals surface area contributed by atoms with Gasteiger partial charge in [-0.1, -0.05) is 31.4 Å². The first-order chi connectivity index (χ1) is 11.7. The Balaban J connectivity index is 0.00000338. The van der Waals surface area contributed by atoms with Gasteiger partial charge in [-0.25, -0.2) is 8.42 Å². The third kappa shape index (κ3) is 5.19. The summed E-state index contributed by atoms with van der Waals surface area (Å²) in [6, 6.07) is 6.50. The second-order valence-corrected chi connectivity index (χ2v) is 9.16. The molecule has 26 heavy (non-hydrogen) atoms. The smallest absolute Gasteiger partial charge is 0.243 e. The highest BCUT2D eigenvalue weighted by Crippen LogP contribution is 2.26. The summed E-state index contributed by atoms with van der Waals surface area (Å²) in [6.07, 6.45) is 4.54. The van der Waals surface area contributed by atoms with Gasteiger partial charge in [0.05, 0.1) is 10.4 Å². The lowest BCUT2D eigenvalue weighted by atomic mass is 9.82. The zero-order valence-electron chi connectivity index (χ0n) is 15.7. The zero-order valence-corrected chi connectivity index (χ0v) is 17.3. The summed E-state index contributed by atoms with van der Waals surface area (Å²) in [4.78, 5) is 12.6. The number of benzene rings is 1. The van der Waals surface area contributed by atoms with Gasteiger partial charge in [0.2, 0.25) is 15.9 Å². The van der Waals surface area contributed by atoms with Crippen LogP contribution in [-0.2, 0) is 21.4 Å². The van der Waals surface area contributed by atoms with E-state index >= 15 is 0 Å². The number of hydrogen-bond acceptors (Lipinski definition) is 4. The average Bonchev–Trinajstić information content (AvgIpc) is 2.59. The van der Waals surface area contributed by atoms with Gasteiger partial charge in [-0.2, -0.15) is 4.31 Å². The molecule has 1 aromatic rings. The monoisotopic (exact) mass is 403 g/mol. The van der Waals surface area contributed by atoms with Crippen molar-refractivity contribution in [1.82, 2.24) is 9.62 Å². The molecule has 0 radical (unpaired) electrons. The Kier molecular flexibility index (Phi) is 8.07. The minimum absolute atomic E-state index is 0. The zero-order chi connectivity index (χ0) is 18.7. The molecule has 8 heteroatoms. The van der Waals surface area contributed by atoms with Crippen molar-refractivity contribution >= 4 is 28.3 Å². The topological polar surface area (TPSA) is 92.5 Å². The number of carbonyl (C=O) groups excluding carboxylic acids is 1. The number of nitrogens with two attached hydrogens (primary N) is 1. The molecule has 1 aromatic carbocycles. The van der Waals surface area contributed by atoms with Crippen molar-refractivity contribution < 1.29 is 13.2 Å². The summed E-state index contributed by atoms with van der Waals surface area (Å²) in [5, 5.41) is 2.88. The summed E-state index contributed by atoms with van der Waals surface area (Å²) in [5.74, 6) is -0.122. The molecule has 1 amide bonds. The van der Waals surface area contributed by atoms with Gasteiger partial charge in [-0.3, -0.25) is 4.79 Å². The van der Waals surface area contributed by atoms with E-state index < -0.39 is 15.6 Å². The first-order valence-corrected chi connectivity index (χ1v) is 10.2. The van der Waals surface area contributed by atoms with Crippen molar-refractivity contribution in [1.29, 1.82) is 0 Å². The van der Waals surface area contributed by atoms with Gasteiger partial charge in [-0.15, -0.1) is 12.4 Å². The largest absolute Gasteiger partial charge is 0.350 e. The van der Waals surface area contributed by atoms with Crippen LogP contribution >= 0.6 is 12.4 Å². The van der Waals surface area contributed by atoms with Crippen molar-refractivity contribution in [3.63, 3.8) is 0 Å². The molecule has 0 spiro atoms. The number of carbonyl (C=O) groups is 1. The average molecular weight is 404 g/mol. The van der Waals surface area contributed by atoms with Crippen LogP contribution in [0.1, 0.15) is 51.5 Å². The molecule has 1 saturated carbocycles. The predicted molar refractivity (Wildman–Crippen MR) is 106 cm³/mol. The summed E-state index contributed by atoms with van der Waals surface area (Å²) in [5.41, 5.74) is 6.30. The quantitative estimate of drug-likeness (QED) is 0.762. The Morgan fingerprint density at radius 1 is 1.19 bits per heavy atom. The molecule has 0 unspecified atom stereocenters. The standard InChI is InChI=1S/C18H29N3O3S.ClH/c1-14(2)21(3)25(23,24)16-9-7-15(8-10-16)13-20-17(22)18(19)11-5-4-6-12-18;/h7-10,14H,4-6,11-13,19H2,1-3H3,(H,20,22);1H. The SMILES string of the molecule is CC(C)N(C)S(=O)(=O)c1ccc(CNC(=O)C2(N)CCCCC2)cc1.Cl. The Morgan fingerprint density at radius 3 is 2.23 bits per heavy atom. The molecular formula is C18H30ClN3O3S. The van der Waals surface area contributed by atoms with Crippen LogP contribution in [0.2, 0.25) is 0 Å². The van der Waals surface area contributed by atoms with Gasteiger partial charge in [-0.05, 0) is 44.4 Å². The second kappa shape index (κ2) is 9.17. The molecule has 0 saturated heterocycles. The first-order valence-electron chi connectivity index (χ1n) is 8.81. The third-order valence-electron chi connectivity index (χ3n) is 4.98. The van der Waals surface area contributed by atoms with E-state index in [-0.39, 0.29) is 29.3 Å². The number of hydrogen-bond donors (Lipinski definition) is 2. The van der Waals surface area contributed by atoms with Crippen molar-refractivity contribution in [2.75, 3.05) is 7.05 Å². The van der Waals surface area contributed by atoms with E-state index in [0.717, 1.165) is 37.7 Å². The summed E-state index contributed by atoms with van der Waals surface area (Å²) in [7, 11) is -1.92. The number of halogens is 1. The molecule has 1 fully saturated rings. The first kappa shape index (κ1) is 22.9. The molecule has 2 rings (SSSR count). The van der Waals surface area contributed by atoms with Crippen LogP contribution in [0.5, 0.6) is 0 Å². The summed E-state index contributed by atoms with van der Waals surface area (Å²) >= 11 is 0. The highest BCUT2D eigenvalue weighted by molar-refractivity contribution is 7.89. The van der Waals surface area contributed by atoms with E-state index in [4.69, 9.17) is 5.73 Å². The predicted octanol–water partition coefficient (Wildman–Crippen LogP) is 2.42. The van der Waals surface area contributed by atoms with E-state index in [0.29, 0.717) is 6.54 Å². The minimum Gasteiger partial charge on any atom is -0.350 e. The van der Waals surface area contributed by atoms with Crippen LogP contribution in [0.4, 0.5) is 0 Å². The van der Waals surface area contributed by atoms with Gasteiger partial charge in [0, 0.05) is 19.6 Å². The lowest BCUT2D eigenvalue weighted by molar-refractivity contribution is -0.127. The molecular weight excluding hydrogens is 374 g/mol. The molecule has 6 nitrogen and oxygen atoms in total. The Hall–Kier alpha value is -1.15. The van der Waals surface area contributed by atoms with E-state index in [1.807, 2.05) is 13.8 Å². The molecule has 0 aliphatic heterocycles. The van der Waals surface area contributed by atoms with Crippen LogP contribution in [-0.4, -0.2) is 37.3 Å². The van der Waals surface area contributed by atoms with Crippen LogP contribution in [0.25, 0.3) is 0 Å². The number of rotatable bonds is 6. The van der Waals surface area contributed by atoms with Gasteiger partial charge in [0.15, 0.2) is 0 Å². The van der Waals surface area contributed by atoms with Gasteiger partial charge >= 0.3 is 0 Å². The lowest BCUT2D eigenvalue weighted by Gasteiger charge is -2.31. The minimum atomic E-state index is -3.49. The Bertz CT molecular complexity index is 699. The molecule has 0 bridgehead atoms. The normalized spacial score (nSPS) is 17.0. The number of nitrogens with one attached hydrogen (secondary N) is 1. The van der Waals surface area contributed by atoms with E-state index in [1.165, 1.54) is 4.31 Å². The van der Waals surface area contributed by atoms with Crippen molar-refractivity contribution in [2.45, 2.75) is 69.0 Å². The molecule has 148 valence electrons. The number of nitrogens with zero attached hydrogens (tertiary/aromatic N) is 1.